The molecule has 1 aromatic carbocycles. The van der Waals surface area contributed by atoms with Crippen molar-refractivity contribution >= 4 is 0 Å². The highest BCUT2D eigenvalue weighted by Crippen LogP contribution is 2.34. The third-order valence-electron chi connectivity index (χ3n) is 3.35. The van der Waals surface area contributed by atoms with Gasteiger partial charge in [-0.05, 0) is 36.0 Å². The molecule has 1 unspecified atom stereocenters. The SMILES string of the molecule is CC(C)(C)c1ccc2c(c1)C(NN)CCCO2. The standard InChI is InChI=1S/C14H22N2O/c1-14(2,3)10-6-7-13-11(9-10)12(16-15)5-4-8-17-13/h6-7,9,12,16H,4-5,8,15H2,1-3H3. The zero-order valence-corrected chi connectivity index (χ0v) is 10.9. The fourth-order valence-corrected chi connectivity index (χ4v) is 2.22. The van der Waals surface area contributed by atoms with Crippen LogP contribution in [0, 0.1) is 0 Å². The summed E-state index contributed by atoms with van der Waals surface area (Å²) in [5, 5.41) is 0. The van der Waals surface area contributed by atoms with Crippen molar-refractivity contribution < 1.29 is 4.74 Å². The molecule has 1 atom stereocenters. The Bertz CT molecular complexity index is 396. The molecule has 17 heavy (non-hydrogen) atoms. The fraction of sp³-hybridized carbons (Fsp3) is 0.571. The molecule has 3 N–H and O–H groups in total. The van der Waals surface area contributed by atoms with Crippen molar-refractivity contribution in [3.63, 3.8) is 0 Å². The number of hydrogen-bond donors (Lipinski definition) is 2. The van der Waals surface area contributed by atoms with E-state index in [1.807, 2.05) is 0 Å². The number of ether oxygens (including phenoxy) is 1. The summed E-state index contributed by atoms with van der Waals surface area (Å²) in [4.78, 5) is 0. The van der Waals surface area contributed by atoms with E-state index in [-0.39, 0.29) is 11.5 Å². The molecule has 0 fully saturated rings. The molecule has 0 saturated carbocycles. The molecule has 1 aromatic rings. The normalized spacial score (nSPS) is 20.4. The first-order valence-electron chi connectivity index (χ1n) is 6.26. The maximum absolute atomic E-state index is 5.75. The van der Waals surface area contributed by atoms with Gasteiger partial charge < -0.3 is 4.74 Å². The van der Waals surface area contributed by atoms with Gasteiger partial charge in [0.15, 0.2) is 0 Å². The Morgan fingerprint density at radius 1 is 1.35 bits per heavy atom. The molecular formula is C14H22N2O. The van der Waals surface area contributed by atoms with Gasteiger partial charge in [-0.15, -0.1) is 0 Å². The van der Waals surface area contributed by atoms with E-state index in [4.69, 9.17) is 10.6 Å². The smallest absolute Gasteiger partial charge is 0.124 e. The molecule has 3 nitrogen and oxygen atoms in total. The first-order valence-corrected chi connectivity index (χ1v) is 6.26. The maximum Gasteiger partial charge on any atom is 0.124 e. The molecule has 2 rings (SSSR count). The van der Waals surface area contributed by atoms with Gasteiger partial charge in [-0.3, -0.25) is 11.3 Å². The molecule has 0 spiro atoms. The Morgan fingerprint density at radius 3 is 2.76 bits per heavy atom. The highest BCUT2D eigenvalue weighted by molar-refractivity contribution is 5.42. The summed E-state index contributed by atoms with van der Waals surface area (Å²) in [7, 11) is 0. The van der Waals surface area contributed by atoms with E-state index in [9.17, 15) is 0 Å². The molecule has 0 aliphatic carbocycles. The first-order chi connectivity index (χ1) is 8.02. The van der Waals surface area contributed by atoms with Gasteiger partial charge in [0.1, 0.15) is 5.75 Å². The summed E-state index contributed by atoms with van der Waals surface area (Å²) >= 11 is 0. The largest absolute Gasteiger partial charge is 0.493 e. The number of hydrogen-bond acceptors (Lipinski definition) is 3. The Morgan fingerprint density at radius 2 is 2.12 bits per heavy atom. The molecule has 1 aliphatic heterocycles. The van der Waals surface area contributed by atoms with Crippen LogP contribution < -0.4 is 16.0 Å². The molecule has 1 aliphatic rings. The number of hydrazine groups is 1. The van der Waals surface area contributed by atoms with E-state index < -0.39 is 0 Å². The van der Waals surface area contributed by atoms with E-state index >= 15 is 0 Å². The predicted molar refractivity (Wildman–Crippen MR) is 69.9 cm³/mol. The Labute approximate surface area is 103 Å². The second-order valence-corrected chi connectivity index (χ2v) is 5.71. The number of benzene rings is 1. The van der Waals surface area contributed by atoms with Crippen molar-refractivity contribution in [3.05, 3.63) is 29.3 Å². The first kappa shape index (κ1) is 12.4. The van der Waals surface area contributed by atoms with E-state index in [1.165, 1.54) is 11.1 Å². The fourth-order valence-electron chi connectivity index (χ4n) is 2.22. The van der Waals surface area contributed by atoms with Crippen LogP contribution in [0.25, 0.3) is 0 Å². The van der Waals surface area contributed by atoms with Crippen molar-refractivity contribution in [1.82, 2.24) is 5.43 Å². The van der Waals surface area contributed by atoms with E-state index in [0.29, 0.717) is 0 Å². The summed E-state index contributed by atoms with van der Waals surface area (Å²) in [5.41, 5.74) is 5.57. The van der Waals surface area contributed by atoms with Crippen LogP contribution in [0.5, 0.6) is 5.75 Å². The zero-order valence-electron chi connectivity index (χ0n) is 10.9. The lowest BCUT2D eigenvalue weighted by Crippen LogP contribution is -2.28. The lowest BCUT2D eigenvalue weighted by Gasteiger charge is -2.23. The second kappa shape index (κ2) is 4.67. The van der Waals surface area contributed by atoms with Gasteiger partial charge in [0.2, 0.25) is 0 Å². The topological polar surface area (TPSA) is 47.3 Å². The van der Waals surface area contributed by atoms with Gasteiger partial charge in [0, 0.05) is 11.6 Å². The van der Waals surface area contributed by atoms with Crippen molar-refractivity contribution in [2.45, 2.75) is 45.1 Å². The van der Waals surface area contributed by atoms with Crippen LogP contribution in [0.1, 0.15) is 50.8 Å². The van der Waals surface area contributed by atoms with Gasteiger partial charge in [0.25, 0.3) is 0 Å². The maximum atomic E-state index is 5.75. The molecule has 0 aromatic heterocycles. The third-order valence-corrected chi connectivity index (χ3v) is 3.35. The lowest BCUT2D eigenvalue weighted by molar-refractivity contribution is 0.315. The number of nitrogens with two attached hydrogens (primary N) is 1. The van der Waals surface area contributed by atoms with E-state index in [0.717, 1.165) is 25.2 Å². The summed E-state index contributed by atoms with van der Waals surface area (Å²) in [6.07, 6.45) is 2.06. The van der Waals surface area contributed by atoms with Gasteiger partial charge in [-0.25, -0.2) is 0 Å². The molecule has 0 radical (unpaired) electrons. The van der Waals surface area contributed by atoms with Crippen LogP contribution >= 0.6 is 0 Å². The molecule has 3 heteroatoms. The molecule has 0 amide bonds. The lowest BCUT2D eigenvalue weighted by atomic mass is 9.85. The molecule has 94 valence electrons. The van der Waals surface area contributed by atoms with Crippen LogP contribution in [0.4, 0.5) is 0 Å². The zero-order chi connectivity index (χ0) is 12.5. The summed E-state index contributed by atoms with van der Waals surface area (Å²) in [6, 6.07) is 6.66. The van der Waals surface area contributed by atoms with Crippen LogP contribution in [-0.4, -0.2) is 6.61 Å². The quantitative estimate of drug-likeness (QED) is 0.580. The third kappa shape index (κ3) is 2.61. The highest BCUT2D eigenvalue weighted by Gasteiger charge is 2.22. The molecular weight excluding hydrogens is 212 g/mol. The van der Waals surface area contributed by atoms with Crippen LogP contribution in [0.3, 0.4) is 0 Å². The van der Waals surface area contributed by atoms with Crippen LogP contribution in [0.15, 0.2) is 18.2 Å². The monoisotopic (exact) mass is 234 g/mol. The summed E-state index contributed by atoms with van der Waals surface area (Å²) in [6.45, 7) is 7.44. The van der Waals surface area contributed by atoms with Crippen LogP contribution in [0.2, 0.25) is 0 Å². The molecule has 0 bridgehead atoms. The number of rotatable bonds is 1. The Kier molecular flexibility index (Phi) is 3.40. The minimum absolute atomic E-state index is 0.153. The minimum atomic E-state index is 0.153. The van der Waals surface area contributed by atoms with Crippen molar-refractivity contribution in [1.29, 1.82) is 0 Å². The van der Waals surface area contributed by atoms with Crippen molar-refractivity contribution in [2.24, 2.45) is 5.84 Å². The number of fused-ring (bicyclic) bond motifs is 1. The van der Waals surface area contributed by atoms with Gasteiger partial charge in [-0.2, -0.15) is 0 Å². The van der Waals surface area contributed by atoms with Crippen molar-refractivity contribution in [3.8, 4) is 5.75 Å². The van der Waals surface area contributed by atoms with Crippen molar-refractivity contribution in [2.75, 3.05) is 6.61 Å². The average Bonchev–Trinajstić information content (AvgIpc) is 2.48. The van der Waals surface area contributed by atoms with E-state index in [1.54, 1.807) is 0 Å². The minimum Gasteiger partial charge on any atom is -0.493 e. The summed E-state index contributed by atoms with van der Waals surface area (Å²) < 4.78 is 5.75. The predicted octanol–water partition coefficient (Wildman–Crippen LogP) is 2.66. The average molecular weight is 234 g/mol. The summed E-state index contributed by atoms with van der Waals surface area (Å²) in [5.74, 6) is 6.61. The van der Waals surface area contributed by atoms with Gasteiger partial charge >= 0.3 is 0 Å². The number of nitrogens with one attached hydrogen (secondary N) is 1. The highest BCUT2D eigenvalue weighted by atomic mass is 16.5. The Hall–Kier alpha value is -1.06. The molecule has 0 saturated heterocycles. The van der Waals surface area contributed by atoms with E-state index in [2.05, 4.69) is 44.4 Å². The van der Waals surface area contributed by atoms with Gasteiger partial charge in [-0.1, -0.05) is 26.8 Å². The Balaban J connectivity index is 2.43. The molecule has 1 heterocycles. The second-order valence-electron chi connectivity index (χ2n) is 5.71. The van der Waals surface area contributed by atoms with Crippen LogP contribution in [-0.2, 0) is 5.41 Å². The van der Waals surface area contributed by atoms with Gasteiger partial charge in [0.05, 0.1) is 6.61 Å².